The molecule has 0 bridgehead atoms. The average Bonchev–Trinajstić information content (AvgIpc) is 3.24. The van der Waals surface area contributed by atoms with Crippen molar-refractivity contribution in [2.75, 3.05) is 26.4 Å². The van der Waals surface area contributed by atoms with Gasteiger partial charge in [-0.3, -0.25) is 18.6 Å². The number of phosphoric ester groups is 1. The van der Waals surface area contributed by atoms with Gasteiger partial charge in [0.25, 0.3) is 0 Å². The molecule has 0 heterocycles. The summed E-state index contributed by atoms with van der Waals surface area (Å²) in [4.78, 5) is 34.9. The molecule has 0 fully saturated rings. The second-order valence-corrected chi connectivity index (χ2v) is 17.4. The van der Waals surface area contributed by atoms with E-state index in [1.54, 1.807) is 0 Å². The molecular weight excluding hydrogens is 774 g/mol. The van der Waals surface area contributed by atoms with Crippen LogP contribution >= 0.6 is 7.82 Å². The van der Waals surface area contributed by atoms with Gasteiger partial charge in [-0.1, -0.05) is 203 Å². The zero-order chi connectivity index (χ0) is 43.9. The number of hydrogen-bond acceptors (Lipinski definition) is 8. The molecule has 0 saturated carbocycles. The fourth-order valence-corrected chi connectivity index (χ4v) is 7.37. The summed E-state index contributed by atoms with van der Waals surface area (Å²) < 4.78 is 32.8. The quantitative estimate of drug-likeness (QED) is 0.0265. The minimum atomic E-state index is -4.38. The van der Waals surface area contributed by atoms with E-state index in [2.05, 4.69) is 74.6 Å². The molecule has 60 heavy (non-hydrogen) atoms. The van der Waals surface area contributed by atoms with Gasteiger partial charge in [-0.05, 0) is 57.8 Å². The average molecular weight is 864 g/mol. The predicted octanol–water partition coefficient (Wildman–Crippen LogP) is 14.4. The van der Waals surface area contributed by atoms with Crippen LogP contribution in [-0.4, -0.2) is 49.3 Å². The lowest BCUT2D eigenvalue weighted by Crippen LogP contribution is -2.29. The van der Waals surface area contributed by atoms with Crippen LogP contribution in [0.2, 0.25) is 0 Å². The molecule has 0 spiro atoms. The second-order valence-electron chi connectivity index (χ2n) is 16.0. The van der Waals surface area contributed by atoms with Gasteiger partial charge in [0, 0.05) is 19.4 Å². The number of nitrogens with two attached hydrogens (primary N) is 1. The largest absolute Gasteiger partial charge is 0.472 e. The fraction of sp³-hybridized carbons (Fsp3) is 0.760. The van der Waals surface area contributed by atoms with E-state index in [4.69, 9.17) is 24.3 Å². The van der Waals surface area contributed by atoms with Gasteiger partial charge in [0.1, 0.15) is 6.61 Å². The highest BCUT2D eigenvalue weighted by atomic mass is 31.2. The number of phosphoric acid groups is 1. The summed E-state index contributed by atoms with van der Waals surface area (Å²) >= 11 is 0. The number of unbranched alkanes of at least 4 members (excludes halogenated alkanes) is 22. The van der Waals surface area contributed by atoms with Crippen LogP contribution in [-0.2, 0) is 32.7 Å². The Hall–Kier alpha value is -2.29. The lowest BCUT2D eigenvalue weighted by molar-refractivity contribution is -0.161. The van der Waals surface area contributed by atoms with Crippen molar-refractivity contribution in [3.8, 4) is 0 Å². The topological polar surface area (TPSA) is 134 Å². The van der Waals surface area contributed by atoms with E-state index in [-0.39, 0.29) is 38.6 Å². The van der Waals surface area contributed by atoms with Crippen molar-refractivity contribution in [2.45, 2.75) is 219 Å². The summed E-state index contributed by atoms with van der Waals surface area (Å²) in [5, 5.41) is 0. The molecule has 3 N–H and O–H groups in total. The van der Waals surface area contributed by atoms with E-state index in [0.717, 1.165) is 70.6 Å². The van der Waals surface area contributed by atoms with Gasteiger partial charge in [0.05, 0.1) is 13.2 Å². The van der Waals surface area contributed by atoms with Gasteiger partial charge < -0.3 is 20.1 Å². The lowest BCUT2D eigenvalue weighted by atomic mass is 10.0. The Kier molecular flexibility index (Phi) is 44.5. The van der Waals surface area contributed by atoms with Crippen molar-refractivity contribution in [1.82, 2.24) is 0 Å². The van der Waals surface area contributed by atoms with E-state index < -0.39 is 26.5 Å². The minimum absolute atomic E-state index is 0.0528. The van der Waals surface area contributed by atoms with Crippen molar-refractivity contribution in [3.05, 3.63) is 60.8 Å². The first-order valence-corrected chi connectivity index (χ1v) is 25.8. The molecule has 0 aromatic rings. The number of ether oxygens (including phenoxy) is 2. The van der Waals surface area contributed by atoms with Gasteiger partial charge in [-0.15, -0.1) is 0 Å². The van der Waals surface area contributed by atoms with E-state index in [1.165, 1.54) is 109 Å². The normalized spacial score (nSPS) is 13.7. The number of carbonyl (C=O) groups excluding carboxylic acids is 2. The molecule has 0 aliphatic rings. The Bertz CT molecular complexity index is 1170. The molecule has 348 valence electrons. The molecule has 10 heteroatoms. The summed E-state index contributed by atoms with van der Waals surface area (Å²) in [6.07, 6.45) is 55.6. The summed E-state index contributed by atoms with van der Waals surface area (Å²) in [6.45, 7) is 3.61. The number of rotatable bonds is 45. The molecule has 2 unspecified atom stereocenters. The maximum absolute atomic E-state index is 12.6. The van der Waals surface area contributed by atoms with Gasteiger partial charge in [-0.25, -0.2) is 4.57 Å². The molecule has 0 aromatic carbocycles. The van der Waals surface area contributed by atoms with Crippen LogP contribution in [0.4, 0.5) is 0 Å². The van der Waals surface area contributed by atoms with Crippen LogP contribution in [0.3, 0.4) is 0 Å². The standard InChI is InChI=1S/C50H90NO8P/c1-3-5-7-9-11-13-15-16-17-18-19-20-21-22-23-24-25-26-27-28-29-30-31-32-33-35-37-39-41-43-50(53)59-48(47-58-60(54,55)57-45-44-51)46-56-49(52)42-40-38-36-34-14-12-10-8-6-4-2/h5,7,11,13,16-17,19-20,22-23,48H,3-4,6,8-10,12,14-15,18,21,24-47,51H2,1-2H3,(H,54,55)/b7-5-,13-11-,17-16-,20-19-,23-22-. The second kappa shape index (κ2) is 46.2. The first-order valence-electron chi connectivity index (χ1n) is 24.3. The van der Waals surface area contributed by atoms with Crippen molar-refractivity contribution in [2.24, 2.45) is 5.73 Å². The van der Waals surface area contributed by atoms with Crippen molar-refractivity contribution < 1.29 is 37.6 Å². The summed E-state index contributed by atoms with van der Waals surface area (Å²) in [5.74, 6) is -0.829. The van der Waals surface area contributed by atoms with Crippen molar-refractivity contribution >= 4 is 19.8 Å². The maximum Gasteiger partial charge on any atom is 0.472 e. The first kappa shape index (κ1) is 57.7. The van der Waals surface area contributed by atoms with Crippen LogP contribution < -0.4 is 5.73 Å². The van der Waals surface area contributed by atoms with Crippen LogP contribution in [0.5, 0.6) is 0 Å². The summed E-state index contributed by atoms with van der Waals surface area (Å²) in [6, 6.07) is 0. The van der Waals surface area contributed by atoms with Gasteiger partial charge in [0.15, 0.2) is 6.10 Å². The van der Waals surface area contributed by atoms with Crippen LogP contribution in [0, 0.1) is 0 Å². The van der Waals surface area contributed by atoms with E-state index >= 15 is 0 Å². The highest BCUT2D eigenvalue weighted by Gasteiger charge is 2.26. The fourth-order valence-electron chi connectivity index (χ4n) is 6.60. The Morgan fingerprint density at radius 2 is 0.917 bits per heavy atom. The number of esters is 2. The Morgan fingerprint density at radius 3 is 1.37 bits per heavy atom. The third-order valence-corrected chi connectivity index (χ3v) is 11.2. The van der Waals surface area contributed by atoms with Crippen molar-refractivity contribution in [1.29, 1.82) is 0 Å². The van der Waals surface area contributed by atoms with Gasteiger partial charge >= 0.3 is 19.8 Å². The van der Waals surface area contributed by atoms with Crippen LogP contribution in [0.1, 0.15) is 213 Å². The molecule has 0 aliphatic heterocycles. The molecule has 0 rings (SSSR count). The van der Waals surface area contributed by atoms with Crippen LogP contribution in [0.25, 0.3) is 0 Å². The molecule has 0 aromatic heterocycles. The van der Waals surface area contributed by atoms with Crippen LogP contribution in [0.15, 0.2) is 60.8 Å². The van der Waals surface area contributed by atoms with E-state index in [9.17, 15) is 19.0 Å². The molecule has 9 nitrogen and oxygen atoms in total. The number of hydrogen-bond donors (Lipinski definition) is 2. The summed E-state index contributed by atoms with van der Waals surface area (Å²) in [7, 11) is -4.38. The number of allylic oxidation sites excluding steroid dienone is 10. The maximum atomic E-state index is 12.6. The highest BCUT2D eigenvalue weighted by molar-refractivity contribution is 7.47. The van der Waals surface area contributed by atoms with E-state index in [1.807, 2.05) is 0 Å². The zero-order valence-electron chi connectivity index (χ0n) is 38.4. The predicted molar refractivity (Wildman–Crippen MR) is 252 cm³/mol. The molecule has 0 radical (unpaired) electrons. The Labute approximate surface area is 368 Å². The number of carbonyl (C=O) groups is 2. The SMILES string of the molecule is CC/C=C\C/C=C\C/C=C\C/C=C\C/C=C\CCCCCCCCCCCCCCCC(=O)OC(COC(=O)CCCCCCCCCCCC)COP(=O)(O)OCCN. The Morgan fingerprint density at radius 1 is 0.517 bits per heavy atom. The smallest absolute Gasteiger partial charge is 0.462 e. The minimum Gasteiger partial charge on any atom is -0.462 e. The highest BCUT2D eigenvalue weighted by Crippen LogP contribution is 2.43. The molecule has 0 amide bonds. The zero-order valence-corrected chi connectivity index (χ0v) is 39.3. The third-order valence-electron chi connectivity index (χ3n) is 10.2. The van der Waals surface area contributed by atoms with Crippen molar-refractivity contribution in [3.63, 3.8) is 0 Å². The first-order chi connectivity index (χ1) is 29.3. The molecular formula is C50H90NO8P. The lowest BCUT2D eigenvalue weighted by Gasteiger charge is -2.19. The Balaban J connectivity index is 3.95. The monoisotopic (exact) mass is 864 g/mol. The summed E-state index contributed by atoms with van der Waals surface area (Å²) in [5.41, 5.74) is 5.35. The van der Waals surface area contributed by atoms with E-state index in [0.29, 0.717) is 6.42 Å². The molecule has 2 atom stereocenters. The van der Waals surface area contributed by atoms with Gasteiger partial charge in [-0.2, -0.15) is 0 Å². The molecule has 0 aliphatic carbocycles. The molecule has 0 saturated heterocycles. The third kappa shape index (κ3) is 45.2. The van der Waals surface area contributed by atoms with Gasteiger partial charge in [0.2, 0.25) is 0 Å².